The maximum Gasteiger partial charge on any atom is 0.252 e. The lowest BCUT2D eigenvalue weighted by Crippen LogP contribution is -2.27. The number of aryl methyl sites for hydroxylation is 1. The molecule has 1 atom stereocenters. The van der Waals surface area contributed by atoms with Crippen LogP contribution >= 0.6 is 0 Å². The monoisotopic (exact) mass is 433 g/mol. The Morgan fingerprint density at radius 1 is 1.28 bits per heavy atom. The second kappa shape index (κ2) is 8.89. The van der Waals surface area contributed by atoms with Gasteiger partial charge < -0.3 is 15.5 Å². The van der Waals surface area contributed by atoms with Gasteiger partial charge in [0.25, 0.3) is 5.56 Å². The topological polar surface area (TPSA) is 124 Å². The van der Waals surface area contributed by atoms with Crippen LogP contribution < -0.4 is 16.6 Å². The molecule has 0 amide bonds. The molecule has 166 valence electrons. The summed E-state index contributed by atoms with van der Waals surface area (Å²) in [5, 5.41) is 8.79. The molecule has 0 saturated carbocycles. The van der Waals surface area contributed by atoms with E-state index in [9.17, 15) is 4.79 Å². The number of nitrogens with one attached hydrogen (secondary N) is 2. The summed E-state index contributed by atoms with van der Waals surface area (Å²) in [4.78, 5) is 23.9. The van der Waals surface area contributed by atoms with E-state index in [1.165, 1.54) is 0 Å². The van der Waals surface area contributed by atoms with E-state index in [0.29, 0.717) is 17.9 Å². The van der Waals surface area contributed by atoms with Crippen molar-refractivity contribution in [3.63, 3.8) is 0 Å². The van der Waals surface area contributed by atoms with Gasteiger partial charge in [0.05, 0.1) is 11.9 Å². The van der Waals surface area contributed by atoms with Gasteiger partial charge in [-0.2, -0.15) is 5.10 Å². The van der Waals surface area contributed by atoms with Crippen LogP contribution in [-0.4, -0.2) is 31.8 Å². The minimum Gasteiger partial charge on any atom is -0.384 e. The molecular formula is C23H27N7O2. The predicted octanol–water partition coefficient (Wildman–Crippen LogP) is 3.09. The Balaban J connectivity index is 1.81. The quantitative estimate of drug-likeness (QED) is 0.383. The molecule has 0 aliphatic carbocycles. The van der Waals surface area contributed by atoms with Crippen LogP contribution in [0.4, 0.5) is 5.82 Å². The van der Waals surface area contributed by atoms with Gasteiger partial charge in [0, 0.05) is 54.2 Å². The van der Waals surface area contributed by atoms with Crippen LogP contribution in [0.25, 0.3) is 22.3 Å². The van der Waals surface area contributed by atoms with E-state index >= 15 is 0 Å². The molecule has 1 unspecified atom stereocenters. The number of nitrogens with two attached hydrogens (primary N) is 1. The van der Waals surface area contributed by atoms with Gasteiger partial charge in [-0.3, -0.25) is 10.1 Å². The molecule has 4 aromatic heterocycles. The highest BCUT2D eigenvalue weighted by atomic mass is 16.5. The number of H-pyrrole nitrogens is 1. The molecule has 9 heteroatoms. The van der Waals surface area contributed by atoms with Crippen LogP contribution in [0.1, 0.15) is 42.8 Å². The summed E-state index contributed by atoms with van der Waals surface area (Å²) in [5.41, 5.74) is 10.6. The number of nitrogen functional groups attached to an aromatic ring is 1. The lowest BCUT2D eigenvalue weighted by Gasteiger charge is -2.20. The van der Waals surface area contributed by atoms with Crippen molar-refractivity contribution in [1.82, 2.24) is 30.0 Å². The molecule has 4 aromatic rings. The third-order valence-electron chi connectivity index (χ3n) is 5.44. The molecular weight excluding hydrogens is 406 g/mol. The Kier molecular flexibility index (Phi) is 6.02. The second-order valence-electron chi connectivity index (χ2n) is 7.95. The van der Waals surface area contributed by atoms with Gasteiger partial charge in [-0.25, -0.2) is 14.6 Å². The van der Waals surface area contributed by atoms with Crippen LogP contribution in [0.5, 0.6) is 0 Å². The number of methoxy groups -OCH3 is 1. The van der Waals surface area contributed by atoms with Gasteiger partial charge >= 0.3 is 0 Å². The fourth-order valence-electron chi connectivity index (χ4n) is 3.74. The van der Waals surface area contributed by atoms with Gasteiger partial charge in [0.2, 0.25) is 0 Å². The van der Waals surface area contributed by atoms with Crippen LogP contribution in [0.3, 0.4) is 0 Å². The van der Waals surface area contributed by atoms with Crippen molar-refractivity contribution in [2.45, 2.75) is 39.6 Å². The van der Waals surface area contributed by atoms with E-state index in [1.807, 2.05) is 29.8 Å². The Bertz CT molecular complexity index is 1310. The number of hydrogen-bond acceptors (Lipinski definition) is 7. The van der Waals surface area contributed by atoms with Crippen molar-refractivity contribution in [3.05, 3.63) is 69.9 Å². The first-order valence-electron chi connectivity index (χ1n) is 10.4. The number of pyridine rings is 3. The first kappa shape index (κ1) is 21.7. The average Bonchev–Trinajstić information content (AvgIpc) is 3.20. The van der Waals surface area contributed by atoms with Crippen LogP contribution in [0.2, 0.25) is 0 Å². The third-order valence-corrected chi connectivity index (χ3v) is 5.44. The van der Waals surface area contributed by atoms with Gasteiger partial charge in [-0.1, -0.05) is 0 Å². The summed E-state index contributed by atoms with van der Waals surface area (Å²) < 4.78 is 7.69. The summed E-state index contributed by atoms with van der Waals surface area (Å²) >= 11 is 0. The number of fused-ring (bicyclic) bond motifs is 1. The average molecular weight is 434 g/mol. The number of ether oxygens (including phenoxy) is 1. The zero-order chi connectivity index (χ0) is 22.8. The van der Waals surface area contributed by atoms with Crippen molar-refractivity contribution in [2.75, 3.05) is 12.8 Å². The van der Waals surface area contributed by atoms with Gasteiger partial charge in [0.1, 0.15) is 12.0 Å². The van der Waals surface area contributed by atoms with E-state index in [0.717, 1.165) is 33.4 Å². The zero-order valence-corrected chi connectivity index (χ0v) is 18.6. The maximum absolute atomic E-state index is 12.3. The highest BCUT2D eigenvalue weighted by Gasteiger charge is 2.21. The molecule has 0 aliphatic heterocycles. The molecule has 0 radical (unpaired) electrons. The highest BCUT2D eigenvalue weighted by molar-refractivity contribution is 5.83. The molecule has 0 aliphatic rings. The summed E-state index contributed by atoms with van der Waals surface area (Å²) in [5.74, 6) is 0.420. The lowest BCUT2D eigenvalue weighted by atomic mass is 10.1. The highest BCUT2D eigenvalue weighted by Crippen LogP contribution is 2.30. The number of rotatable bonds is 7. The summed E-state index contributed by atoms with van der Waals surface area (Å²) in [6.45, 7) is 6.38. The van der Waals surface area contributed by atoms with Crippen LogP contribution in [0, 0.1) is 6.92 Å². The molecule has 4 rings (SSSR count). The van der Waals surface area contributed by atoms with E-state index in [-0.39, 0.29) is 11.6 Å². The molecule has 4 heterocycles. The first-order chi connectivity index (χ1) is 15.4. The molecule has 4 N–H and O–H groups in total. The summed E-state index contributed by atoms with van der Waals surface area (Å²) in [6, 6.07) is 7.63. The fraction of sp³-hybridized carbons (Fsp3) is 0.304. The number of anilines is 1. The minimum atomic E-state index is -0.484. The molecule has 0 bridgehead atoms. The van der Waals surface area contributed by atoms with E-state index < -0.39 is 6.23 Å². The summed E-state index contributed by atoms with van der Waals surface area (Å²) in [7, 11) is 1.63. The predicted molar refractivity (Wildman–Crippen MR) is 124 cm³/mol. The van der Waals surface area contributed by atoms with Crippen molar-refractivity contribution < 1.29 is 4.74 Å². The summed E-state index contributed by atoms with van der Waals surface area (Å²) in [6.07, 6.45) is 4.62. The molecule has 32 heavy (non-hydrogen) atoms. The lowest BCUT2D eigenvalue weighted by molar-refractivity contribution is 0.0731. The molecule has 0 saturated heterocycles. The van der Waals surface area contributed by atoms with E-state index in [4.69, 9.17) is 15.5 Å². The zero-order valence-electron chi connectivity index (χ0n) is 18.6. The number of hydrogen-bond donors (Lipinski definition) is 3. The molecule has 0 aromatic carbocycles. The van der Waals surface area contributed by atoms with Crippen molar-refractivity contribution in [2.24, 2.45) is 0 Å². The normalized spacial score (nSPS) is 12.5. The second-order valence-corrected chi connectivity index (χ2v) is 7.95. The largest absolute Gasteiger partial charge is 0.384 e. The fourth-order valence-corrected chi connectivity index (χ4v) is 3.74. The molecule has 0 spiro atoms. The van der Waals surface area contributed by atoms with Gasteiger partial charge in [0.15, 0.2) is 5.65 Å². The Labute approximate surface area is 185 Å². The first-order valence-corrected chi connectivity index (χ1v) is 10.4. The Hall–Kier alpha value is -3.56. The molecule has 0 fully saturated rings. The Morgan fingerprint density at radius 3 is 2.78 bits per heavy atom. The standard InChI is InChI=1S/C23H27N7O2/c1-13(2)30-21-18(12-28-30)16(10-19(29-21)15-6-8-25-20(24)9-15)23(32-4)27-11-17-14(3)5-7-26-22(17)31/h5-10,12-13,23,27H,11H2,1-4H3,(H2,24,25)(H,26,31). The molecule has 9 nitrogen and oxygen atoms in total. The van der Waals surface area contributed by atoms with Crippen LogP contribution in [0.15, 0.2) is 47.7 Å². The number of aromatic nitrogens is 5. The minimum absolute atomic E-state index is 0.118. The SMILES string of the molecule is COC(NCc1c(C)cc[nH]c1=O)c1cc(-c2ccnc(N)c2)nc2c1cnn2C(C)C. The van der Waals surface area contributed by atoms with Crippen LogP contribution in [-0.2, 0) is 11.3 Å². The van der Waals surface area contributed by atoms with Gasteiger partial charge in [-0.05, 0) is 50.6 Å². The maximum atomic E-state index is 12.3. The Morgan fingerprint density at radius 2 is 2.09 bits per heavy atom. The van der Waals surface area contributed by atoms with Gasteiger partial charge in [-0.15, -0.1) is 0 Å². The van der Waals surface area contributed by atoms with Crippen molar-refractivity contribution in [1.29, 1.82) is 0 Å². The van der Waals surface area contributed by atoms with Crippen molar-refractivity contribution in [3.8, 4) is 11.3 Å². The number of nitrogens with zero attached hydrogens (tertiary/aromatic N) is 4. The third kappa shape index (κ3) is 4.12. The number of aromatic amines is 1. The van der Waals surface area contributed by atoms with E-state index in [1.54, 1.807) is 31.8 Å². The smallest absolute Gasteiger partial charge is 0.252 e. The van der Waals surface area contributed by atoms with E-state index in [2.05, 4.69) is 34.2 Å². The van der Waals surface area contributed by atoms with Crippen molar-refractivity contribution >= 4 is 16.9 Å².